The second-order valence-corrected chi connectivity index (χ2v) is 6.37. The zero-order valence-electron chi connectivity index (χ0n) is 13.2. The van der Waals surface area contributed by atoms with E-state index in [0.29, 0.717) is 0 Å². The van der Waals surface area contributed by atoms with Crippen LogP contribution in [0.3, 0.4) is 0 Å². The summed E-state index contributed by atoms with van der Waals surface area (Å²) in [6, 6.07) is 3.13. The number of hydrogen-bond donors (Lipinski definition) is 1. The molecule has 124 valence electrons. The van der Waals surface area contributed by atoms with Gasteiger partial charge >= 0.3 is 12.1 Å². The Bertz CT molecular complexity index is 560. The quantitative estimate of drug-likeness (QED) is 0.680. The van der Waals surface area contributed by atoms with Gasteiger partial charge in [-0.3, -0.25) is 0 Å². The number of nitrogens with two attached hydrogens (primary N) is 1. The molecule has 4 nitrogen and oxygen atoms in total. The lowest BCUT2D eigenvalue weighted by atomic mass is 10.1. The van der Waals surface area contributed by atoms with Crippen LogP contribution < -0.4 is 10.5 Å². The second-order valence-electron chi connectivity index (χ2n) is 6.37. The summed E-state index contributed by atoms with van der Waals surface area (Å²) < 4.78 is 49.5. The molecule has 1 aromatic carbocycles. The monoisotopic (exact) mass is 319 g/mol. The van der Waals surface area contributed by atoms with Crippen molar-refractivity contribution in [3.05, 3.63) is 23.8 Å². The fraction of sp³-hybridized carbons (Fsp3) is 0.533. The van der Waals surface area contributed by atoms with Crippen molar-refractivity contribution in [1.29, 1.82) is 0 Å². The molecule has 1 aromatic rings. The highest BCUT2D eigenvalue weighted by Gasteiger charge is 2.39. The summed E-state index contributed by atoms with van der Waals surface area (Å²) in [5.41, 5.74) is 1.95. The molecule has 0 saturated heterocycles. The minimum atomic E-state index is -4.64. The summed E-state index contributed by atoms with van der Waals surface area (Å²) in [7, 11) is 0. The lowest BCUT2D eigenvalue weighted by Gasteiger charge is -2.30. The van der Waals surface area contributed by atoms with Gasteiger partial charge in [0.15, 0.2) is 5.60 Å². The van der Waals surface area contributed by atoms with Crippen molar-refractivity contribution >= 4 is 11.7 Å². The fourth-order valence-corrected chi connectivity index (χ4v) is 1.58. The lowest BCUT2D eigenvalue weighted by molar-refractivity contribution is -0.172. The van der Waals surface area contributed by atoms with Gasteiger partial charge in [-0.1, -0.05) is 0 Å². The van der Waals surface area contributed by atoms with E-state index in [1.165, 1.54) is 19.9 Å². The number of alkyl halides is 3. The van der Waals surface area contributed by atoms with Gasteiger partial charge in [-0.15, -0.1) is 0 Å². The van der Waals surface area contributed by atoms with Crippen molar-refractivity contribution in [1.82, 2.24) is 0 Å². The minimum absolute atomic E-state index is 0.0465. The van der Waals surface area contributed by atoms with Crippen LogP contribution >= 0.6 is 0 Å². The van der Waals surface area contributed by atoms with E-state index in [0.717, 1.165) is 12.1 Å². The van der Waals surface area contributed by atoms with E-state index >= 15 is 0 Å². The van der Waals surface area contributed by atoms with E-state index in [1.807, 2.05) is 0 Å². The van der Waals surface area contributed by atoms with E-state index in [1.54, 1.807) is 20.8 Å². The van der Waals surface area contributed by atoms with Crippen LogP contribution in [0.1, 0.15) is 40.2 Å². The standard InChI is InChI=1S/C15H20F3NO3/c1-13(2,3)22-12(20)14(4,5)21-11-7-6-9(19)8-10(11)15(16,17)18/h6-8H,19H2,1-5H3. The normalized spacial score (nSPS) is 12.9. The molecule has 0 radical (unpaired) electrons. The number of anilines is 1. The Balaban J connectivity index is 3.11. The molecule has 0 aliphatic rings. The number of esters is 1. The molecule has 0 amide bonds. The molecule has 0 fully saturated rings. The Morgan fingerprint density at radius 1 is 1.09 bits per heavy atom. The van der Waals surface area contributed by atoms with Gasteiger partial charge < -0.3 is 15.2 Å². The highest BCUT2D eigenvalue weighted by atomic mass is 19.4. The molecule has 7 heteroatoms. The smallest absolute Gasteiger partial charge is 0.420 e. The number of nitrogen functional groups attached to an aromatic ring is 1. The van der Waals surface area contributed by atoms with Crippen LogP contribution in [0.5, 0.6) is 5.75 Å². The third kappa shape index (κ3) is 4.82. The zero-order chi connectivity index (χ0) is 17.3. The average molecular weight is 319 g/mol. The van der Waals surface area contributed by atoms with E-state index in [2.05, 4.69) is 0 Å². The molecule has 0 heterocycles. The second kappa shape index (κ2) is 5.70. The molecule has 1 rings (SSSR count). The molecule has 0 saturated carbocycles. The summed E-state index contributed by atoms with van der Waals surface area (Å²) >= 11 is 0. The van der Waals surface area contributed by atoms with Gasteiger partial charge in [0.05, 0.1) is 5.56 Å². The van der Waals surface area contributed by atoms with Crippen molar-refractivity contribution in [2.45, 2.75) is 52.0 Å². The molecule has 0 spiro atoms. The van der Waals surface area contributed by atoms with Crippen molar-refractivity contribution < 1.29 is 27.4 Å². The predicted octanol–water partition coefficient (Wildman–Crippen LogP) is 3.79. The van der Waals surface area contributed by atoms with Crippen LogP contribution in [-0.2, 0) is 15.7 Å². The number of ether oxygens (including phenoxy) is 2. The zero-order valence-corrected chi connectivity index (χ0v) is 13.2. The molecule has 22 heavy (non-hydrogen) atoms. The van der Waals surface area contributed by atoms with Crippen LogP contribution in [0.2, 0.25) is 0 Å². The molecular formula is C15H20F3NO3. The van der Waals surface area contributed by atoms with Gasteiger partial charge in [-0.2, -0.15) is 13.2 Å². The van der Waals surface area contributed by atoms with E-state index < -0.39 is 34.7 Å². The summed E-state index contributed by atoms with van der Waals surface area (Å²) in [4.78, 5) is 12.1. The van der Waals surface area contributed by atoms with Crippen molar-refractivity contribution in [2.24, 2.45) is 0 Å². The van der Waals surface area contributed by atoms with Gasteiger partial charge in [-0.25, -0.2) is 4.79 Å². The first-order valence-electron chi connectivity index (χ1n) is 6.61. The molecule has 0 aliphatic heterocycles. The maximum atomic E-state index is 13.0. The SMILES string of the molecule is CC(C)(C)OC(=O)C(C)(C)Oc1ccc(N)cc1C(F)(F)F. The minimum Gasteiger partial charge on any atom is -0.476 e. The van der Waals surface area contributed by atoms with Gasteiger partial charge in [0.2, 0.25) is 0 Å². The molecule has 0 atom stereocenters. The van der Waals surface area contributed by atoms with E-state index in [9.17, 15) is 18.0 Å². The molecule has 0 bridgehead atoms. The largest absolute Gasteiger partial charge is 0.476 e. The fourth-order valence-electron chi connectivity index (χ4n) is 1.58. The van der Waals surface area contributed by atoms with Crippen LogP contribution in [-0.4, -0.2) is 17.2 Å². The molecular weight excluding hydrogens is 299 g/mol. The maximum absolute atomic E-state index is 13.0. The van der Waals surface area contributed by atoms with Gasteiger partial charge in [0.1, 0.15) is 11.4 Å². The molecule has 2 N–H and O–H groups in total. The van der Waals surface area contributed by atoms with Gasteiger partial charge in [-0.05, 0) is 52.8 Å². The predicted molar refractivity (Wildman–Crippen MR) is 76.4 cm³/mol. The Hall–Kier alpha value is -1.92. The molecule has 0 aliphatic carbocycles. The summed E-state index contributed by atoms with van der Waals surface area (Å²) in [6.07, 6.45) is -4.64. The van der Waals surface area contributed by atoms with E-state index in [-0.39, 0.29) is 5.69 Å². The third-order valence-electron chi connectivity index (χ3n) is 2.56. The van der Waals surface area contributed by atoms with E-state index in [4.69, 9.17) is 15.2 Å². The highest BCUT2D eigenvalue weighted by Crippen LogP contribution is 2.39. The summed E-state index contributed by atoms with van der Waals surface area (Å²) in [6.45, 7) is 7.66. The number of hydrogen-bond acceptors (Lipinski definition) is 4. The Labute approximate surface area is 127 Å². The Morgan fingerprint density at radius 3 is 2.09 bits per heavy atom. The number of carbonyl (C=O) groups is 1. The van der Waals surface area contributed by atoms with Crippen LogP contribution in [0.25, 0.3) is 0 Å². The Kier molecular flexibility index (Phi) is 4.70. The van der Waals surface area contributed by atoms with Crippen molar-refractivity contribution in [2.75, 3.05) is 5.73 Å². The summed E-state index contributed by atoms with van der Waals surface area (Å²) in [5.74, 6) is -1.23. The number of carbonyl (C=O) groups excluding carboxylic acids is 1. The highest BCUT2D eigenvalue weighted by molar-refractivity contribution is 5.79. The first kappa shape index (κ1) is 18.1. The number of benzene rings is 1. The average Bonchev–Trinajstić information content (AvgIpc) is 2.27. The molecule has 0 aromatic heterocycles. The van der Waals surface area contributed by atoms with Crippen LogP contribution in [0, 0.1) is 0 Å². The number of halogens is 3. The van der Waals surface area contributed by atoms with Gasteiger partial charge in [0, 0.05) is 5.69 Å². The van der Waals surface area contributed by atoms with Crippen molar-refractivity contribution in [3.63, 3.8) is 0 Å². The lowest BCUT2D eigenvalue weighted by Crippen LogP contribution is -2.43. The van der Waals surface area contributed by atoms with Crippen LogP contribution in [0.15, 0.2) is 18.2 Å². The third-order valence-corrected chi connectivity index (χ3v) is 2.56. The first-order chi connectivity index (χ1) is 9.72. The van der Waals surface area contributed by atoms with Crippen LogP contribution in [0.4, 0.5) is 18.9 Å². The van der Waals surface area contributed by atoms with Crippen molar-refractivity contribution in [3.8, 4) is 5.75 Å². The van der Waals surface area contributed by atoms with Gasteiger partial charge in [0.25, 0.3) is 0 Å². The first-order valence-corrected chi connectivity index (χ1v) is 6.61. The molecule has 0 unspecified atom stereocenters. The maximum Gasteiger partial charge on any atom is 0.420 e. The Morgan fingerprint density at radius 2 is 1.64 bits per heavy atom. The number of rotatable bonds is 3. The topological polar surface area (TPSA) is 61.5 Å². The summed E-state index contributed by atoms with van der Waals surface area (Å²) in [5, 5.41) is 0.